The van der Waals surface area contributed by atoms with Crippen molar-refractivity contribution in [2.75, 3.05) is 91.6 Å². The highest BCUT2D eigenvalue weighted by Gasteiger charge is 2.27. The molecule has 95 heavy (non-hydrogen) atoms. The van der Waals surface area contributed by atoms with Crippen LogP contribution >= 0.6 is 0 Å². The summed E-state index contributed by atoms with van der Waals surface area (Å²) in [5, 5.41) is 15.6. The van der Waals surface area contributed by atoms with E-state index in [-0.39, 0.29) is 121 Å². The molecule has 3 aromatic carbocycles. The quantitative estimate of drug-likeness (QED) is 0.0623. The number of carbonyl (C=O) groups excluding carboxylic acids is 3. The predicted molar refractivity (Wildman–Crippen MR) is 355 cm³/mol. The fourth-order valence-corrected chi connectivity index (χ4v) is 9.72. The number of hydrogen-bond donors (Lipinski definition) is 6. The number of nitrogens with two attached hydrogens (primary N) is 6. The molecule has 12 aromatic rings. The summed E-state index contributed by atoms with van der Waals surface area (Å²) in [6.45, 7) is 0.483. The molecule has 30 nitrogen and oxygen atoms in total. The number of nitrogen functional groups attached to an aromatic ring is 6. The van der Waals surface area contributed by atoms with Gasteiger partial charge in [-0.3, -0.25) is 14.7 Å². The van der Waals surface area contributed by atoms with Crippen LogP contribution in [0.4, 0.5) is 79.5 Å². The first-order valence-electron chi connectivity index (χ1n) is 27.6. The van der Waals surface area contributed by atoms with E-state index in [1.54, 1.807) is 124 Å². The highest BCUT2D eigenvalue weighted by atomic mass is 19.1. The number of carbonyl (C=O) groups is 3. The van der Waals surface area contributed by atoms with Crippen molar-refractivity contribution in [1.82, 2.24) is 74.2 Å². The van der Waals surface area contributed by atoms with Crippen molar-refractivity contribution in [3.63, 3.8) is 0 Å². The zero-order valence-electron chi connectivity index (χ0n) is 50.3. The van der Waals surface area contributed by atoms with Gasteiger partial charge in [0.25, 0.3) is 0 Å². The molecule has 0 saturated carbocycles. The van der Waals surface area contributed by atoms with E-state index in [0.717, 1.165) is 14.7 Å². The molecule has 0 aliphatic heterocycles. The second kappa shape index (κ2) is 29.0. The van der Waals surface area contributed by atoms with Crippen molar-refractivity contribution in [3.05, 3.63) is 162 Å². The maximum absolute atomic E-state index is 14.2. The van der Waals surface area contributed by atoms with E-state index in [2.05, 4.69) is 74.4 Å². The van der Waals surface area contributed by atoms with Gasteiger partial charge in [0, 0.05) is 56.4 Å². The first kappa shape index (κ1) is 68.1. The van der Waals surface area contributed by atoms with Gasteiger partial charge in [0.15, 0.2) is 69.3 Å². The van der Waals surface area contributed by atoms with Gasteiger partial charge < -0.3 is 48.6 Å². The van der Waals surface area contributed by atoms with Crippen LogP contribution in [-0.2, 0) is 33.8 Å². The van der Waals surface area contributed by atoms with Crippen LogP contribution in [0.25, 0.3) is 67.7 Å². The first-order valence-corrected chi connectivity index (χ1v) is 27.6. The molecule has 12 N–H and O–H groups in total. The maximum atomic E-state index is 14.2. The van der Waals surface area contributed by atoms with E-state index >= 15 is 0 Å². The molecule has 0 saturated heterocycles. The monoisotopic (exact) mass is 1300 g/mol. The summed E-state index contributed by atoms with van der Waals surface area (Å²) in [6.07, 6.45) is 2.84. The van der Waals surface area contributed by atoms with Crippen LogP contribution in [0.1, 0.15) is 31.5 Å². The number of nitrogens with zero attached hydrogens (tertiary/aromatic N) is 18. The number of methoxy groups -OCH3 is 3. The third-order valence-electron chi connectivity index (χ3n) is 14.2. The molecule has 0 atom stereocenters. The Bertz CT molecular complexity index is 4270. The van der Waals surface area contributed by atoms with Gasteiger partial charge in [-0.25, -0.2) is 86.5 Å². The summed E-state index contributed by atoms with van der Waals surface area (Å²) < 4.78 is 61.2. The van der Waals surface area contributed by atoms with Crippen LogP contribution in [0.2, 0.25) is 0 Å². The standard InChI is InChI=1S/3C20H19FN8O2.2CH4/c3*1-28(20(30)31-2)15-16(22)25-18(26-17(15)23)14-12-7-5-9-24-19(12)29(27-14)10-11-6-3-4-8-13(11)21;;/h3*3-9H,10H2,1-2H3,(H4,22,23,25,26);2*1H4. The second-order valence-corrected chi connectivity index (χ2v) is 20.0. The second-order valence-electron chi connectivity index (χ2n) is 20.0. The number of amides is 3. The Morgan fingerprint density at radius 3 is 0.842 bits per heavy atom. The molecular formula is C62H65F3N24O6. The van der Waals surface area contributed by atoms with Crippen molar-refractivity contribution in [3.8, 4) is 34.6 Å². The lowest BCUT2D eigenvalue weighted by atomic mass is 10.2. The Morgan fingerprint density at radius 1 is 0.389 bits per heavy atom. The van der Waals surface area contributed by atoms with Gasteiger partial charge in [-0.2, -0.15) is 15.3 Å². The fourth-order valence-electron chi connectivity index (χ4n) is 9.72. The van der Waals surface area contributed by atoms with Crippen molar-refractivity contribution >= 4 is 103 Å². The molecule has 33 heteroatoms. The molecule has 490 valence electrons. The average molecular weight is 1300 g/mol. The SMILES string of the molecule is C.C.COC(=O)N(C)c1c(N)nc(-c2nn(Cc3ccccc3F)c3ncccc23)nc1N.COC(=O)N(C)c1c(N)nc(-c2nn(Cc3ccccc3F)c3ncccc23)nc1N.COC(=O)N(C)c1c(N)nc(-c2nn(Cc3ccccc3F)c3ncccc23)nc1N. The number of fused-ring (bicyclic) bond motifs is 3. The van der Waals surface area contributed by atoms with Crippen molar-refractivity contribution in [2.45, 2.75) is 34.5 Å². The molecule has 0 bridgehead atoms. The van der Waals surface area contributed by atoms with Gasteiger partial charge in [0.1, 0.15) is 51.6 Å². The Labute approximate surface area is 540 Å². The topological polar surface area (TPSA) is 414 Å². The van der Waals surface area contributed by atoms with E-state index in [1.165, 1.54) is 60.7 Å². The van der Waals surface area contributed by atoms with Gasteiger partial charge in [-0.05, 0) is 54.6 Å². The number of benzene rings is 3. The molecule has 0 spiro atoms. The Kier molecular flexibility index (Phi) is 20.8. The van der Waals surface area contributed by atoms with Gasteiger partial charge in [0.2, 0.25) is 0 Å². The number of ether oxygens (including phenoxy) is 3. The minimum Gasteiger partial charge on any atom is -0.452 e. The van der Waals surface area contributed by atoms with Crippen LogP contribution in [0, 0.1) is 17.5 Å². The highest BCUT2D eigenvalue weighted by molar-refractivity contribution is 5.99. The van der Waals surface area contributed by atoms with E-state index in [9.17, 15) is 27.6 Å². The zero-order chi connectivity index (χ0) is 66.4. The van der Waals surface area contributed by atoms with Crippen LogP contribution in [0.3, 0.4) is 0 Å². The lowest BCUT2D eigenvalue weighted by Crippen LogP contribution is -2.28. The lowest BCUT2D eigenvalue weighted by molar-refractivity contribution is 0.179. The molecular weight excluding hydrogens is 1230 g/mol. The van der Waals surface area contributed by atoms with Crippen LogP contribution < -0.4 is 49.1 Å². The first-order chi connectivity index (χ1) is 44.7. The minimum atomic E-state index is -0.668. The number of anilines is 9. The Morgan fingerprint density at radius 2 is 0.621 bits per heavy atom. The number of aromatic nitrogens is 15. The molecule has 9 aromatic heterocycles. The lowest BCUT2D eigenvalue weighted by Gasteiger charge is -2.18. The molecule has 0 aliphatic rings. The Balaban J connectivity index is 0.000000181. The number of pyridine rings is 3. The summed E-state index contributed by atoms with van der Waals surface area (Å²) in [7, 11) is 8.05. The van der Waals surface area contributed by atoms with Gasteiger partial charge in [-0.1, -0.05) is 69.5 Å². The molecule has 3 amide bonds. The van der Waals surface area contributed by atoms with E-state index in [4.69, 9.17) is 34.4 Å². The number of rotatable bonds is 12. The normalized spacial score (nSPS) is 10.7. The van der Waals surface area contributed by atoms with E-state index < -0.39 is 18.3 Å². The molecule has 0 unspecified atom stereocenters. The summed E-state index contributed by atoms with van der Waals surface area (Å²) in [6, 6.07) is 29.9. The highest BCUT2D eigenvalue weighted by Crippen LogP contribution is 2.36. The van der Waals surface area contributed by atoms with E-state index in [0.29, 0.717) is 66.9 Å². The third kappa shape index (κ3) is 13.9. The summed E-state index contributed by atoms with van der Waals surface area (Å²) in [4.78, 5) is 77.7. The van der Waals surface area contributed by atoms with Crippen LogP contribution in [0.5, 0.6) is 0 Å². The molecule has 12 rings (SSSR count). The molecule has 0 fully saturated rings. The van der Waals surface area contributed by atoms with Crippen molar-refractivity contribution in [1.29, 1.82) is 0 Å². The summed E-state index contributed by atoms with van der Waals surface area (Å²) in [5.74, 6) is -0.672. The smallest absolute Gasteiger partial charge is 0.413 e. The van der Waals surface area contributed by atoms with Gasteiger partial charge in [0.05, 0.1) is 57.1 Å². The summed E-state index contributed by atoms with van der Waals surface area (Å²) in [5.41, 5.74) is 40.9. The molecule has 9 heterocycles. The predicted octanol–water partition coefficient (Wildman–Crippen LogP) is 8.60. The van der Waals surface area contributed by atoms with Crippen molar-refractivity contribution < 1.29 is 41.8 Å². The summed E-state index contributed by atoms with van der Waals surface area (Å²) >= 11 is 0. The minimum absolute atomic E-state index is 0. The van der Waals surface area contributed by atoms with Crippen molar-refractivity contribution in [2.24, 2.45) is 0 Å². The Hall–Kier alpha value is -12.8. The average Bonchev–Trinajstić information content (AvgIpc) is 1.68. The van der Waals surface area contributed by atoms with E-state index in [1.807, 2.05) is 0 Å². The molecule has 0 radical (unpaired) electrons. The van der Waals surface area contributed by atoms with Crippen LogP contribution in [-0.4, -0.2) is 135 Å². The number of hydrogen-bond acceptors (Lipinski definition) is 24. The fraction of sp³-hybridized carbons (Fsp3) is 0.177. The maximum Gasteiger partial charge on any atom is 0.413 e. The third-order valence-corrected chi connectivity index (χ3v) is 14.2. The van der Waals surface area contributed by atoms with Gasteiger partial charge >= 0.3 is 18.3 Å². The molecule has 0 aliphatic carbocycles. The number of halogens is 3. The largest absolute Gasteiger partial charge is 0.452 e. The zero-order valence-corrected chi connectivity index (χ0v) is 50.3. The van der Waals surface area contributed by atoms with Gasteiger partial charge in [-0.15, -0.1) is 0 Å². The van der Waals surface area contributed by atoms with Crippen LogP contribution in [0.15, 0.2) is 128 Å².